The van der Waals surface area contributed by atoms with Crippen LogP contribution in [0.2, 0.25) is 0 Å². The Hall–Kier alpha value is -1.09. The van der Waals surface area contributed by atoms with Crippen molar-refractivity contribution in [2.75, 3.05) is 33.8 Å². The molecule has 0 N–H and O–H groups in total. The van der Waals surface area contributed by atoms with Crippen LogP contribution in [-0.2, 0) is 27.0 Å². The lowest BCUT2D eigenvalue weighted by molar-refractivity contribution is -0.0941. The highest BCUT2D eigenvalue weighted by Gasteiger charge is 2.46. The maximum atomic E-state index is 12.6. The third kappa shape index (κ3) is 2.96. The van der Waals surface area contributed by atoms with Crippen molar-refractivity contribution in [2.45, 2.75) is 44.6 Å². The third-order valence-electron chi connectivity index (χ3n) is 4.79. The molecule has 1 spiro atoms. The van der Waals surface area contributed by atoms with E-state index in [4.69, 9.17) is 9.72 Å². The molecule has 0 aliphatic carbocycles. The fourth-order valence-corrected chi connectivity index (χ4v) is 4.62. The minimum atomic E-state index is -3.46. The van der Waals surface area contributed by atoms with Gasteiger partial charge in [-0.05, 0) is 24.8 Å². The van der Waals surface area contributed by atoms with Gasteiger partial charge in [-0.25, -0.2) is 9.97 Å². The molecule has 1 atom stereocenters. The molecule has 2 aliphatic heterocycles. The van der Waals surface area contributed by atoms with E-state index in [2.05, 4.69) is 18.8 Å². The number of hydrogen-bond acceptors (Lipinski definition) is 5. The third-order valence-corrected chi connectivity index (χ3v) is 6.68. The van der Waals surface area contributed by atoms with E-state index in [1.54, 1.807) is 14.1 Å². The Morgan fingerprint density at radius 1 is 1.38 bits per heavy atom. The molecule has 0 unspecified atom stereocenters. The van der Waals surface area contributed by atoms with Crippen molar-refractivity contribution in [1.29, 1.82) is 0 Å². The summed E-state index contributed by atoms with van der Waals surface area (Å²) in [4.78, 5) is 9.24. The average Bonchev–Trinajstić information content (AvgIpc) is 2.55. The van der Waals surface area contributed by atoms with Crippen LogP contribution in [0.1, 0.15) is 49.7 Å². The normalized spacial score (nSPS) is 25.4. The summed E-state index contributed by atoms with van der Waals surface area (Å²) in [7, 11) is -0.339. The lowest BCUT2D eigenvalue weighted by atomic mass is 9.85. The molecular weight excluding hydrogens is 328 g/mol. The van der Waals surface area contributed by atoms with Gasteiger partial charge in [0.25, 0.3) is 10.2 Å². The van der Waals surface area contributed by atoms with Crippen molar-refractivity contribution in [1.82, 2.24) is 18.6 Å². The quantitative estimate of drug-likeness (QED) is 0.817. The first-order chi connectivity index (χ1) is 11.3. The van der Waals surface area contributed by atoms with E-state index >= 15 is 0 Å². The number of aromatic nitrogens is 2. The number of hydrogen-bond donors (Lipinski definition) is 0. The predicted octanol–water partition coefficient (Wildman–Crippen LogP) is 1.27. The van der Waals surface area contributed by atoms with Gasteiger partial charge in [-0.15, -0.1) is 0 Å². The van der Waals surface area contributed by atoms with E-state index in [1.807, 2.05) is 6.20 Å². The maximum Gasteiger partial charge on any atom is 0.281 e. The highest BCUT2D eigenvalue weighted by Crippen LogP contribution is 2.40. The maximum absolute atomic E-state index is 12.6. The first kappa shape index (κ1) is 17.7. The monoisotopic (exact) mass is 354 g/mol. The van der Waals surface area contributed by atoms with Gasteiger partial charge in [0.15, 0.2) is 0 Å². The van der Waals surface area contributed by atoms with Gasteiger partial charge in [-0.3, -0.25) is 0 Å². The van der Waals surface area contributed by atoms with Crippen molar-refractivity contribution in [3.8, 4) is 0 Å². The van der Waals surface area contributed by atoms with Crippen LogP contribution in [0.15, 0.2) is 6.20 Å². The molecule has 0 bridgehead atoms. The summed E-state index contributed by atoms with van der Waals surface area (Å²) in [6.45, 7) is 5.52. The molecular formula is C16H26N4O3S. The Kier molecular flexibility index (Phi) is 4.67. The SMILES string of the molecule is CC(C)c1ncc2c(n1)[C@@]1(CCCN(S(=O)(=O)N(C)C)C1)OCC2. The number of piperidine rings is 1. The van der Waals surface area contributed by atoms with Gasteiger partial charge in [0.05, 0.1) is 12.3 Å². The molecule has 1 aromatic heterocycles. The van der Waals surface area contributed by atoms with Gasteiger partial charge < -0.3 is 4.74 Å². The van der Waals surface area contributed by atoms with E-state index < -0.39 is 15.8 Å². The Morgan fingerprint density at radius 2 is 2.12 bits per heavy atom. The van der Waals surface area contributed by atoms with Crippen molar-refractivity contribution < 1.29 is 13.2 Å². The molecule has 2 aliphatic rings. The van der Waals surface area contributed by atoms with Gasteiger partial charge >= 0.3 is 0 Å². The zero-order chi connectivity index (χ0) is 17.5. The Labute approximate surface area is 144 Å². The fourth-order valence-electron chi connectivity index (χ4n) is 3.42. The van der Waals surface area contributed by atoms with Crippen LogP contribution in [0, 0.1) is 0 Å². The van der Waals surface area contributed by atoms with Crippen molar-refractivity contribution >= 4 is 10.2 Å². The van der Waals surface area contributed by atoms with Crippen molar-refractivity contribution in [3.63, 3.8) is 0 Å². The summed E-state index contributed by atoms with van der Waals surface area (Å²) in [5.74, 6) is 1.01. The molecule has 7 nitrogen and oxygen atoms in total. The zero-order valence-electron chi connectivity index (χ0n) is 14.8. The molecule has 3 heterocycles. The van der Waals surface area contributed by atoms with Crippen LogP contribution in [-0.4, -0.2) is 60.8 Å². The summed E-state index contributed by atoms with van der Waals surface area (Å²) < 4.78 is 34.1. The van der Waals surface area contributed by atoms with Crippen LogP contribution >= 0.6 is 0 Å². The molecule has 24 heavy (non-hydrogen) atoms. The number of ether oxygens (including phenoxy) is 1. The van der Waals surface area contributed by atoms with Crippen LogP contribution in [0.4, 0.5) is 0 Å². The van der Waals surface area contributed by atoms with Crippen LogP contribution in [0.5, 0.6) is 0 Å². The highest BCUT2D eigenvalue weighted by atomic mass is 32.2. The van der Waals surface area contributed by atoms with Gasteiger partial charge in [-0.2, -0.15) is 17.0 Å². The molecule has 0 amide bonds. The average molecular weight is 354 g/mol. The van der Waals surface area contributed by atoms with Crippen LogP contribution in [0.25, 0.3) is 0 Å². The number of nitrogens with zero attached hydrogens (tertiary/aromatic N) is 4. The zero-order valence-corrected chi connectivity index (χ0v) is 15.6. The highest BCUT2D eigenvalue weighted by molar-refractivity contribution is 7.86. The van der Waals surface area contributed by atoms with E-state index in [-0.39, 0.29) is 5.92 Å². The molecule has 1 saturated heterocycles. The molecule has 1 fully saturated rings. The van der Waals surface area contributed by atoms with E-state index in [0.29, 0.717) is 19.7 Å². The Balaban J connectivity index is 2.01. The summed E-state index contributed by atoms with van der Waals surface area (Å²) in [5, 5.41) is 0. The summed E-state index contributed by atoms with van der Waals surface area (Å²) >= 11 is 0. The fraction of sp³-hybridized carbons (Fsp3) is 0.750. The minimum Gasteiger partial charge on any atom is -0.367 e. The van der Waals surface area contributed by atoms with E-state index in [9.17, 15) is 8.42 Å². The van der Waals surface area contributed by atoms with E-state index in [0.717, 1.165) is 36.3 Å². The summed E-state index contributed by atoms with van der Waals surface area (Å²) in [6, 6.07) is 0. The molecule has 8 heteroatoms. The minimum absolute atomic E-state index is 0.222. The summed E-state index contributed by atoms with van der Waals surface area (Å²) in [5.41, 5.74) is 1.31. The second-order valence-electron chi connectivity index (χ2n) is 7.08. The molecule has 134 valence electrons. The smallest absolute Gasteiger partial charge is 0.281 e. The number of rotatable bonds is 3. The standard InChI is InChI=1S/C16H26N4O3S/c1-12(2)15-17-10-13-6-9-23-16(14(13)18-15)7-5-8-20(11-16)24(21,22)19(3)4/h10,12H,5-9,11H2,1-4H3/t16-/m0/s1. The van der Waals surface area contributed by atoms with Gasteiger partial charge in [-0.1, -0.05) is 13.8 Å². The first-order valence-corrected chi connectivity index (χ1v) is 9.84. The molecule has 0 saturated carbocycles. The van der Waals surface area contributed by atoms with E-state index in [1.165, 1.54) is 8.61 Å². The molecule has 3 rings (SSSR count). The van der Waals surface area contributed by atoms with Crippen molar-refractivity contribution in [3.05, 3.63) is 23.3 Å². The van der Waals surface area contributed by atoms with Crippen LogP contribution < -0.4 is 0 Å². The second kappa shape index (κ2) is 6.33. The predicted molar refractivity (Wildman–Crippen MR) is 90.9 cm³/mol. The lowest BCUT2D eigenvalue weighted by Gasteiger charge is -2.44. The van der Waals surface area contributed by atoms with Crippen LogP contribution in [0.3, 0.4) is 0 Å². The lowest BCUT2D eigenvalue weighted by Crippen LogP contribution is -2.54. The van der Waals surface area contributed by atoms with Crippen molar-refractivity contribution in [2.24, 2.45) is 0 Å². The van der Waals surface area contributed by atoms with Gasteiger partial charge in [0.1, 0.15) is 11.4 Å². The first-order valence-electron chi connectivity index (χ1n) is 8.44. The molecule has 1 aromatic rings. The Bertz CT molecular complexity index is 720. The summed E-state index contributed by atoms with van der Waals surface area (Å²) in [6.07, 6.45) is 4.21. The largest absolute Gasteiger partial charge is 0.367 e. The second-order valence-corrected chi connectivity index (χ2v) is 9.22. The molecule has 0 radical (unpaired) electrons. The number of fused-ring (bicyclic) bond motifs is 2. The topological polar surface area (TPSA) is 75.6 Å². The molecule has 0 aromatic carbocycles. The van der Waals surface area contributed by atoms with Gasteiger partial charge in [0, 0.05) is 39.3 Å². The Morgan fingerprint density at radius 3 is 2.79 bits per heavy atom. The van der Waals surface area contributed by atoms with Gasteiger partial charge in [0.2, 0.25) is 0 Å².